The van der Waals surface area contributed by atoms with E-state index >= 15 is 0 Å². The molecular weight excluding hydrogens is 500 g/mol. The second-order valence-electron chi connectivity index (χ2n) is 8.70. The fourth-order valence-electron chi connectivity index (χ4n) is 4.03. The lowest BCUT2D eigenvalue weighted by atomic mass is 10.1. The number of hydrazone groups is 1. The van der Waals surface area contributed by atoms with Crippen LogP contribution in [0, 0.1) is 0 Å². The zero-order valence-electron chi connectivity index (χ0n) is 19.9. The third-order valence-electron chi connectivity index (χ3n) is 6.03. The minimum Gasteiger partial charge on any atom is -0.469 e. The molecule has 0 aromatic heterocycles. The average molecular weight is 527 g/mol. The fraction of sp³-hybridized carbons (Fsp3) is 0.320. The van der Waals surface area contributed by atoms with Gasteiger partial charge in [-0.05, 0) is 54.8 Å². The van der Waals surface area contributed by atoms with Crippen molar-refractivity contribution in [3.05, 3.63) is 71.5 Å². The van der Waals surface area contributed by atoms with Gasteiger partial charge in [-0.1, -0.05) is 23.7 Å². The number of nitrogens with zero attached hydrogens (tertiary/aromatic N) is 2. The van der Waals surface area contributed by atoms with E-state index in [1.807, 2.05) is 12.1 Å². The second kappa shape index (κ2) is 11.5. The highest BCUT2D eigenvalue weighted by atomic mass is 35.5. The molecule has 1 fully saturated rings. The van der Waals surface area contributed by atoms with Gasteiger partial charge in [0.25, 0.3) is 11.8 Å². The normalized spacial score (nSPS) is 21.6. The zero-order chi connectivity index (χ0) is 25.6. The Morgan fingerprint density at radius 3 is 2.59 bits per heavy atom. The molecule has 0 radical (unpaired) electrons. The first-order valence-corrected chi connectivity index (χ1v) is 12.3. The number of anilines is 1. The van der Waals surface area contributed by atoms with Gasteiger partial charge in [-0.3, -0.25) is 19.9 Å². The van der Waals surface area contributed by atoms with Crippen molar-refractivity contribution < 1.29 is 23.9 Å². The topological polar surface area (TPSA) is 126 Å². The van der Waals surface area contributed by atoms with Crippen molar-refractivity contribution in [2.45, 2.75) is 37.7 Å². The number of halogens is 1. The van der Waals surface area contributed by atoms with Gasteiger partial charge >= 0.3 is 0 Å². The van der Waals surface area contributed by atoms with Gasteiger partial charge in [0, 0.05) is 36.0 Å². The molecule has 1 saturated heterocycles. The lowest BCUT2D eigenvalue weighted by Crippen LogP contribution is -2.60. The maximum Gasteiger partial charge on any atom is 0.263 e. The molecule has 0 bridgehead atoms. The van der Waals surface area contributed by atoms with Crippen molar-refractivity contribution in [3.8, 4) is 5.75 Å². The third-order valence-corrected chi connectivity index (χ3v) is 6.28. The SMILES string of the molecule is O=C(NC1CCOCC1)C1NN=C(Nc2ccc(OC3C=CON3)cc2)N(Cc2ccc(Cl)cc2)C1=O. The highest BCUT2D eigenvalue weighted by Crippen LogP contribution is 2.20. The molecule has 2 aromatic carbocycles. The predicted molar refractivity (Wildman–Crippen MR) is 136 cm³/mol. The van der Waals surface area contributed by atoms with E-state index in [0.717, 1.165) is 5.56 Å². The molecule has 2 amide bonds. The summed E-state index contributed by atoms with van der Waals surface area (Å²) < 4.78 is 11.1. The zero-order valence-corrected chi connectivity index (χ0v) is 20.6. The van der Waals surface area contributed by atoms with Crippen molar-refractivity contribution >= 4 is 35.1 Å². The van der Waals surface area contributed by atoms with E-state index in [0.29, 0.717) is 42.5 Å². The van der Waals surface area contributed by atoms with Crippen molar-refractivity contribution in [1.82, 2.24) is 21.1 Å². The predicted octanol–water partition coefficient (Wildman–Crippen LogP) is 2.07. The Kier molecular flexibility index (Phi) is 7.73. The molecule has 5 rings (SSSR count). The van der Waals surface area contributed by atoms with Crippen LogP contribution in [0.25, 0.3) is 0 Å². The van der Waals surface area contributed by atoms with Crippen LogP contribution in [-0.4, -0.2) is 54.2 Å². The molecule has 3 heterocycles. The number of nitrogens with one attached hydrogen (secondary N) is 4. The van der Waals surface area contributed by atoms with Gasteiger partial charge in [0.05, 0.1) is 6.54 Å². The van der Waals surface area contributed by atoms with Crippen LogP contribution in [0.1, 0.15) is 18.4 Å². The molecule has 0 spiro atoms. The summed E-state index contributed by atoms with van der Waals surface area (Å²) in [6.07, 6.45) is 4.29. The van der Waals surface area contributed by atoms with E-state index in [4.69, 9.17) is 25.9 Å². The standard InChI is InChI=1S/C25H27ClN6O5/c26-17-3-1-16(2-4-17)15-32-24(34)22(23(33)27-19-9-12-35-13-10-19)29-30-25(32)28-18-5-7-20(8-6-18)37-21-11-14-36-31-21/h1-8,11,14,19,21-22,29,31H,9-10,12-13,15H2,(H,27,33)(H,28,30). The third kappa shape index (κ3) is 6.31. The number of amides is 2. The Balaban J connectivity index is 1.31. The summed E-state index contributed by atoms with van der Waals surface area (Å²) in [5, 5.41) is 11.1. The fourth-order valence-corrected chi connectivity index (χ4v) is 4.16. The van der Waals surface area contributed by atoms with Crippen molar-refractivity contribution in [2.24, 2.45) is 5.10 Å². The van der Waals surface area contributed by atoms with Gasteiger partial charge in [0.1, 0.15) is 12.0 Å². The molecule has 0 saturated carbocycles. The van der Waals surface area contributed by atoms with Crippen LogP contribution in [0.2, 0.25) is 5.02 Å². The number of hydrogen-bond acceptors (Lipinski definition) is 9. The van der Waals surface area contributed by atoms with E-state index in [-0.39, 0.29) is 24.8 Å². The van der Waals surface area contributed by atoms with E-state index in [2.05, 4.69) is 26.6 Å². The summed E-state index contributed by atoms with van der Waals surface area (Å²) in [5.74, 6) is 0.0512. The number of ether oxygens (including phenoxy) is 2. The van der Waals surface area contributed by atoms with Crippen molar-refractivity contribution in [2.75, 3.05) is 18.5 Å². The smallest absolute Gasteiger partial charge is 0.263 e. The van der Waals surface area contributed by atoms with Crippen LogP contribution in [0.4, 0.5) is 5.69 Å². The number of carbonyl (C=O) groups is 2. The Hall–Kier alpha value is -3.80. The van der Waals surface area contributed by atoms with E-state index in [1.165, 1.54) is 11.2 Å². The number of guanidine groups is 1. The largest absolute Gasteiger partial charge is 0.469 e. The number of benzene rings is 2. The molecule has 3 aliphatic heterocycles. The summed E-state index contributed by atoms with van der Waals surface area (Å²) in [7, 11) is 0. The van der Waals surface area contributed by atoms with E-state index < -0.39 is 17.9 Å². The van der Waals surface area contributed by atoms with Gasteiger partial charge in [0.15, 0.2) is 0 Å². The van der Waals surface area contributed by atoms with Crippen LogP contribution in [-0.2, 0) is 25.7 Å². The molecule has 11 nitrogen and oxygen atoms in total. The highest BCUT2D eigenvalue weighted by Gasteiger charge is 2.37. The summed E-state index contributed by atoms with van der Waals surface area (Å²) >= 11 is 6.03. The first kappa shape index (κ1) is 24.9. The maximum absolute atomic E-state index is 13.5. The molecule has 2 unspecified atom stereocenters. The Labute approximate surface area is 218 Å². The highest BCUT2D eigenvalue weighted by molar-refractivity contribution is 6.30. The molecule has 37 heavy (non-hydrogen) atoms. The van der Waals surface area contributed by atoms with E-state index in [1.54, 1.807) is 42.5 Å². The number of rotatable bonds is 7. The lowest BCUT2D eigenvalue weighted by Gasteiger charge is -2.33. The minimum absolute atomic E-state index is 0.0358. The van der Waals surface area contributed by atoms with Gasteiger partial charge in [-0.15, -0.1) is 10.6 Å². The minimum atomic E-state index is -1.15. The number of carbonyl (C=O) groups excluding carboxylic acids is 2. The summed E-state index contributed by atoms with van der Waals surface area (Å²) in [4.78, 5) is 32.9. The van der Waals surface area contributed by atoms with Crippen LogP contribution in [0.5, 0.6) is 5.75 Å². The number of hydroxylamine groups is 1. The van der Waals surface area contributed by atoms with Crippen LogP contribution >= 0.6 is 11.6 Å². The summed E-state index contributed by atoms with van der Waals surface area (Å²) in [6, 6.07) is 13.1. The first-order valence-electron chi connectivity index (χ1n) is 11.9. The molecule has 4 N–H and O–H groups in total. The molecule has 3 aliphatic rings. The van der Waals surface area contributed by atoms with Crippen LogP contribution < -0.4 is 26.3 Å². The van der Waals surface area contributed by atoms with Gasteiger partial charge in [-0.25, -0.2) is 0 Å². The Morgan fingerprint density at radius 1 is 1.14 bits per heavy atom. The van der Waals surface area contributed by atoms with Crippen molar-refractivity contribution in [1.29, 1.82) is 0 Å². The average Bonchev–Trinajstić information content (AvgIpc) is 3.42. The quantitative estimate of drug-likeness (QED) is 0.404. The molecule has 0 aliphatic carbocycles. The molecule has 194 valence electrons. The van der Waals surface area contributed by atoms with Crippen LogP contribution in [0.3, 0.4) is 0 Å². The Morgan fingerprint density at radius 2 is 1.89 bits per heavy atom. The van der Waals surface area contributed by atoms with Crippen LogP contribution in [0.15, 0.2) is 66.0 Å². The lowest BCUT2D eigenvalue weighted by molar-refractivity contribution is -0.138. The van der Waals surface area contributed by atoms with Gasteiger partial charge in [0.2, 0.25) is 18.2 Å². The number of hydrogen-bond donors (Lipinski definition) is 4. The molecule has 2 atom stereocenters. The first-order chi connectivity index (χ1) is 18.0. The summed E-state index contributed by atoms with van der Waals surface area (Å²) in [6.45, 7) is 1.36. The van der Waals surface area contributed by atoms with E-state index in [9.17, 15) is 9.59 Å². The molecule has 2 aromatic rings. The molecular formula is C25H27ClN6O5. The second-order valence-corrected chi connectivity index (χ2v) is 9.13. The summed E-state index contributed by atoms with van der Waals surface area (Å²) in [5.41, 5.74) is 6.94. The van der Waals surface area contributed by atoms with Gasteiger partial charge < -0.3 is 24.9 Å². The van der Waals surface area contributed by atoms with Gasteiger partial charge in [-0.2, -0.15) is 0 Å². The van der Waals surface area contributed by atoms with Crippen molar-refractivity contribution in [3.63, 3.8) is 0 Å². The molecule has 12 heteroatoms. The maximum atomic E-state index is 13.5. The monoisotopic (exact) mass is 526 g/mol. The Bertz CT molecular complexity index is 1170.